The van der Waals surface area contributed by atoms with Crippen LogP contribution < -0.4 is 5.32 Å². The van der Waals surface area contributed by atoms with E-state index in [0.29, 0.717) is 17.4 Å². The maximum Gasteiger partial charge on any atom is 0.472 e. The minimum absolute atomic E-state index is 0.0604. The molecular weight excluding hydrogens is 1080 g/mol. The molecule has 1 amide bonds. The van der Waals surface area contributed by atoms with E-state index in [1.807, 2.05) is 27.2 Å². The van der Waals surface area contributed by atoms with Crippen LogP contribution in [-0.4, -0.2) is 73.4 Å². The Morgan fingerprint density at radius 3 is 1.02 bits per heavy atom. The maximum atomic E-state index is 13.1. The molecule has 86 heavy (non-hydrogen) atoms. The molecule has 0 aliphatic heterocycles. The van der Waals surface area contributed by atoms with Crippen LogP contribution in [0.15, 0.2) is 85.1 Å². The number of nitrogens with one attached hydrogen (secondary N) is 1. The number of rotatable bonds is 68. The predicted octanol–water partition coefficient (Wildman–Crippen LogP) is 23.9. The second-order valence-electron chi connectivity index (χ2n) is 26.3. The zero-order chi connectivity index (χ0) is 62.6. The summed E-state index contributed by atoms with van der Waals surface area (Å²) in [5.74, 6) is -0.174. The zero-order valence-corrected chi connectivity index (χ0v) is 58.4. The lowest BCUT2D eigenvalue weighted by Gasteiger charge is -2.25. The molecule has 0 aliphatic carbocycles. The van der Waals surface area contributed by atoms with Gasteiger partial charge in [-0.15, -0.1) is 0 Å². The Bertz CT molecular complexity index is 1680. The van der Waals surface area contributed by atoms with Crippen LogP contribution in [-0.2, 0) is 18.4 Å². The first kappa shape index (κ1) is 83.7. The Balaban J connectivity index is 4.04. The summed E-state index contributed by atoms with van der Waals surface area (Å²) >= 11 is 0. The molecule has 0 fully saturated rings. The van der Waals surface area contributed by atoms with Gasteiger partial charge >= 0.3 is 7.82 Å². The van der Waals surface area contributed by atoms with Crippen molar-refractivity contribution in [1.29, 1.82) is 0 Å². The molecule has 0 aliphatic rings. The van der Waals surface area contributed by atoms with Gasteiger partial charge < -0.3 is 19.8 Å². The van der Waals surface area contributed by atoms with E-state index in [-0.39, 0.29) is 19.1 Å². The van der Waals surface area contributed by atoms with Crippen molar-refractivity contribution in [2.45, 2.75) is 360 Å². The average Bonchev–Trinajstić information content (AvgIpc) is 3.70. The van der Waals surface area contributed by atoms with Crippen LogP contribution in [0, 0.1) is 0 Å². The van der Waals surface area contributed by atoms with Crippen molar-refractivity contribution in [1.82, 2.24) is 5.32 Å². The van der Waals surface area contributed by atoms with Crippen LogP contribution in [0.3, 0.4) is 0 Å². The first-order chi connectivity index (χ1) is 42.0. The number of likely N-dealkylation sites (N-methyl/N-ethyl adjacent to an activating group) is 1. The average molecular weight is 1220 g/mol. The fourth-order valence-electron chi connectivity index (χ4n) is 10.9. The van der Waals surface area contributed by atoms with Gasteiger partial charge in [0.05, 0.1) is 39.9 Å². The van der Waals surface area contributed by atoms with Gasteiger partial charge in [0, 0.05) is 6.42 Å². The van der Waals surface area contributed by atoms with Crippen molar-refractivity contribution < 1.29 is 32.9 Å². The van der Waals surface area contributed by atoms with Gasteiger partial charge in [0.1, 0.15) is 13.2 Å². The van der Waals surface area contributed by atoms with Crippen LogP contribution in [0.1, 0.15) is 348 Å². The molecule has 0 radical (unpaired) electrons. The van der Waals surface area contributed by atoms with Crippen LogP contribution in [0.5, 0.6) is 0 Å². The standard InChI is InChI=1S/C77H143N2O6P/c1-6-8-10-12-14-16-18-20-22-24-26-28-30-32-34-36-37-38-39-40-41-43-45-47-49-51-53-55-57-59-61-63-65-67-69-71-77(81)78-75(74-85-86(82,83)84-73-72-79(3,4)5)76(80)70-68-66-64-62-60-58-56-54-52-50-48-46-44-42-35-33-31-29-27-25-23-21-19-17-15-13-11-9-7-2/h8,10,14,16,20,22,26,28,32,34,37-38,68,70,75-76,80H,6-7,9,11-13,15,17-19,21,23-25,27,29-31,33,35-36,39-67,69,71-74H2,1-5H3,(H-,78,81,82,83)/p+1/b10-8-,16-14-,22-20-,28-26-,34-32-,38-37-,70-68+. The molecule has 0 saturated heterocycles. The lowest BCUT2D eigenvalue weighted by atomic mass is 10.0. The number of phosphoric ester groups is 1. The number of carbonyl (C=O) groups excluding carboxylic acids is 1. The zero-order valence-electron chi connectivity index (χ0n) is 57.6. The lowest BCUT2D eigenvalue weighted by molar-refractivity contribution is -0.870. The van der Waals surface area contributed by atoms with Crippen molar-refractivity contribution in [3.63, 3.8) is 0 Å². The maximum absolute atomic E-state index is 13.1. The van der Waals surface area contributed by atoms with Crippen LogP contribution in [0.2, 0.25) is 0 Å². The number of quaternary nitrogens is 1. The fraction of sp³-hybridized carbons (Fsp3) is 0.805. The van der Waals surface area contributed by atoms with E-state index in [1.165, 1.54) is 250 Å². The van der Waals surface area contributed by atoms with Gasteiger partial charge in [-0.2, -0.15) is 0 Å². The SMILES string of the molecule is CC/C=C\C/C=C\C/C=C\C/C=C\C/C=C\C/C=C\CCCCCCCCCCCCCCCCCCC(=O)NC(COP(=O)(O)OCC[N+](C)(C)C)C(O)/C=C/CCCCCCCCCCCCCCCCCCCCCCCCCCCCC. The fourth-order valence-corrected chi connectivity index (χ4v) is 11.7. The number of allylic oxidation sites excluding steroid dienone is 13. The number of aliphatic hydroxyl groups excluding tert-OH is 1. The van der Waals surface area contributed by atoms with Gasteiger partial charge in [-0.3, -0.25) is 13.8 Å². The summed E-state index contributed by atoms with van der Waals surface area (Å²) in [4.78, 5) is 23.5. The van der Waals surface area contributed by atoms with Gasteiger partial charge in [-0.25, -0.2) is 4.57 Å². The molecule has 0 bridgehead atoms. The van der Waals surface area contributed by atoms with E-state index in [2.05, 4.69) is 92.1 Å². The Labute approximate surface area is 535 Å². The molecule has 0 spiro atoms. The van der Waals surface area contributed by atoms with Crippen LogP contribution in [0.4, 0.5) is 0 Å². The third-order valence-corrected chi connectivity index (χ3v) is 17.6. The monoisotopic (exact) mass is 1220 g/mol. The molecule has 502 valence electrons. The summed E-state index contributed by atoms with van der Waals surface area (Å²) in [6, 6.07) is -0.852. The van der Waals surface area contributed by atoms with E-state index < -0.39 is 20.0 Å². The molecule has 0 rings (SSSR count). The minimum Gasteiger partial charge on any atom is -0.387 e. The second kappa shape index (κ2) is 67.1. The van der Waals surface area contributed by atoms with E-state index >= 15 is 0 Å². The Hall–Kier alpha value is -2.32. The minimum atomic E-state index is -4.36. The first-order valence-electron chi connectivity index (χ1n) is 37.0. The predicted molar refractivity (Wildman–Crippen MR) is 378 cm³/mol. The molecule has 0 aromatic rings. The third-order valence-electron chi connectivity index (χ3n) is 16.6. The lowest BCUT2D eigenvalue weighted by Crippen LogP contribution is -2.45. The summed E-state index contributed by atoms with van der Waals surface area (Å²) in [5.41, 5.74) is 0. The van der Waals surface area contributed by atoms with Crippen molar-refractivity contribution in [3.8, 4) is 0 Å². The number of phosphoric acid groups is 1. The third kappa shape index (κ3) is 69.2. The highest BCUT2D eigenvalue weighted by Gasteiger charge is 2.28. The van der Waals surface area contributed by atoms with Crippen LogP contribution in [0.25, 0.3) is 0 Å². The number of nitrogens with zero attached hydrogens (tertiary/aromatic N) is 1. The largest absolute Gasteiger partial charge is 0.472 e. The molecule has 0 aromatic heterocycles. The Morgan fingerprint density at radius 1 is 0.407 bits per heavy atom. The molecule has 0 heterocycles. The number of unbranched alkanes of at least 4 members (excludes halogenated alkanes) is 43. The van der Waals surface area contributed by atoms with Crippen molar-refractivity contribution in [2.24, 2.45) is 0 Å². The van der Waals surface area contributed by atoms with E-state index in [9.17, 15) is 19.4 Å². The van der Waals surface area contributed by atoms with Gasteiger partial charge in [-0.1, -0.05) is 356 Å². The summed E-state index contributed by atoms with van der Waals surface area (Å²) in [7, 11) is 1.58. The van der Waals surface area contributed by atoms with Gasteiger partial charge in [-0.05, 0) is 70.6 Å². The molecule has 0 saturated carbocycles. The molecule has 0 aromatic carbocycles. The topological polar surface area (TPSA) is 105 Å². The number of hydrogen-bond acceptors (Lipinski definition) is 5. The smallest absolute Gasteiger partial charge is 0.387 e. The van der Waals surface area contributed by atoms with Crippen molar-refractivity contribution in [2.75, 3.05) is 40.9 Å². The second-order valence-corrected chi connectivity index (χ2v) is 27.7. The van der Waals surface area contributed by atoms with E-state index in [4.69, 9.17) is 9.05 Å². The highest BCUT2D eigenvalue weighted by Crippen LogP contribution is 2.43. The summed E-state index contributed by atoms with van der Waals surface area (Å²) < 4.78 is 23.9. The van der Waals surface area contributed by atoms with Crippen molar-refractivity contribution >= 4 is 13.7 Å². The molecular formula is C77H144N2O6P+. The molecule has 3 unspecified atom stereocenters. The van der Waals surface area contributed by atoms with Gasteiger partial charge in [0.25, 0.3) is 0 Å². The highest BCUT2D eigenvalue weighted by molar-refractivity contribution is 7.47. The Morgan fingerprint density at radius 2 is 0.698 bits per heavy atom. The van der Waals surface area contributed by atoms with Gasteiger partial charge in [0.15, 0.2) is 0 Å². The summed E-state index contributed by atoms with van der Waals surface area (Å²) in [5, 5.41) is 14.0. The highest BCUT2D eigenvalue weighted by atomic mass is 31.2. The number of aliphatic hydroxyl groups is 1. The van der Waals surface area contributed by atoms with Crippen molar-refractivity contribution in [3.05, 3.63) is 85.1 Å². The van der Waals surface area contributed by atoms with Crippen LogP contribution >= 0.6 is 7.82 Å². The quantitative estimate of drug-likeness (QED) is 0.0243. The number of amides is 1. The molecule has 9 heteroatoms. The molecule has 8 nitrogen and oxygen atoms in total. The summed E-state index contributed by atoms with van der Waals surface area (Å²) in [6.45, 7) is 4.74. The molecule has 3 N–H and O–H groups in total. The summed E-state index contributed by atoms with van der Waals surface area (Å²) in [6.07, 6.45) is 96.0. The Kier molecular flexibility index (Phi) is 65.3. The van der Waals surface area contributed by atoms with E-state index in [1.54, 1.807) is 6.08 Å². The van der Waals surface area contributed by atoms with E-state index in [0.717, 1.165) is 77.0 Å². The number of hydrogen-bond donors (Lipinski definition) is 3. The van der Waals surface area contributed by atoms with Gasteiger partial charge in [0.2, 0.25) is 5.91 Å². The first-order valence-corrected chi connectivity index (χ1v) is 38.5. The normalized spacial score (nSPS) is 14.1. The number of carbonyl (C=O) groups is 1. The molecule has 3 atom stereocenters.